The summed E-state index contributed by atoms with van der Waals surface area (Å²) < 4.78 is 136. The third-order valence-corrected chi connectivity index (χ3v) is 35.5. The molecule has 0 saturated carbocycles. The first-order chi connectivity index (χ1) is 69.2. The summed E-state index contributed by atoms with van der Waals surface area (Å²) in [6, 6.07) is 0. The first-order valence-corrected chi connectivity index (χ1v) is 62.2. The Balaban J connectivity index is 0.579. The zero-order valence-corrected chi connectivity index (χ0v) is 89.0. The van der Waals surface area contributed by atoms with Crippen LogP contribution in [0.5, 0.6) is 0 Å². The Morgan fingerprint density at radius 3 is 0.905 bits per heavy atom. The molecule has 7 unspecified atom stereocenters. The number of fused-ring (bicyclic) bond motifs is 3. The molecule has 147 heavy (non-hydrogen) atoms. The van der Waals surface area contributed by atoms with Gasteiger partial charge in [-0.1, -0.05) is 6.92 Å². The highest BCUT2D eigenvalue weighted by Crippen LogP contribution is 2.59. The Kier molecular flexibility index (Phi) is 33.5. The Bertz CT molecular complexity index is 7670. The van der Waals surface area contributed by atoms with Crippen LogP contribution in [0.15, 0.2) is 93.2 Å². The second kappa shape index (κ2) is 44.3. The summed E-state index contributed by atoms with van der Waals surface area (Å²) in [5, 5.41) is 0. The Morgan fingerprint density at radius 1 is 0.333 bits per heavy atom. The predicted octanol–water partition coefficient (Wildman–Crippen LogP) is -0.0548. The van der Waals surface area contributed by atoms with Gasteiger partial charge in [-0.3, -0.25) is 80.9 Å². The first-order valence-electron chi connectivity index (χ1n) is 44.0. The fourth-order valence-corrected chi connectivity index (χ4v) is 27.0. The van der Waals surface area contributed by atoms with Crippen LogP contribution in [0.3, 0.4) is 0 Å². The molecule has 802 valence electrons. The van der Waals surface area contributed by atoms with Gasteiger partial charge in [0.05, 0.1) is 107 Å². The molecule has 10 aromatic rings. The van der Waals surface area contributed by atoms with Crippen molar-refractivity contribution in [2.75, 3.05) is 69.7 Å². The molecule has 7 saturated heterocycles. The fraction of sp³-hybridized carbons (Fsp3) is 0.569. The second-order valence-corrected chi connectivity index (χ2v) is 53.9. The van der Waals surface area contributed by atoms with Crippen molar-refractivity contribution in [2.24, 2.45) is 0 Å². The zero-order valence-electron chi connectivity index (χ0n) is 77.0. The molecule has 17 heterocycles. The van der Waals surface area contributed by atoms with Crippen LogP contribution < -0.4 is 73.5 Å². The van der Waals surface area contributed by atoms with E-state index in [4.69, 9.17) is 202 Å². The lowest BCUT2D eigenvalue weighted by molar-refractivity contribution is -0.0579. The van der Waals surface area contributed by atoms with E-state index in [1.165, 1.54) is 67.6 Å². The molecule has 0 bridgehead atoms. The molecule has 20 N–H and O–H groups in total. The molecule has 61 nitrogen and oxygen atoms in total. The number of H-pyrrole nitrogens is 5. The Morgan fingerprint density at radius 2 is 0.599 bits per heavy atom. The third kappa shape index (κ3) is 25.7. The summed E-state index contributed by atoms with van der Waals surface area (Å²) in [7, 11) is 1.11. The van der Waals surface area contributed by atoms with Crippen molar-refractivity contribution in [2.45, 2.75) is 215 Å². The largest absolute Gasteiger partial charge is 0.383 e. The zero-order chi connectivity index (χ0) is 106. The molecule has 28 atom stereocenters. The number of nitrogens with two attached hydrogens (primary N) is 4. The highest BCUT2D eigenvalue weighted by Gasteiger charge is 2.52. The van der Waals surface area contributed by atoms with Gasteiger partial charge < -0.3 is 154 Å². The number of aromatic amines is 5. The molecule has 0 radical (unpaired) electrons. The van der Waals surface area contributed by atoms with Crippen LogP contribution in [0.4, 0.5) is 23.5 Å². The van der Waals surface area contributed by atoms with Crippen LogP contribution >= 0.6 is 47.0 Å². The van der Waals surface area contributed by atoms with Gasteiger partial charge in [0.1, 0.15) is 97.9 Å². The van der Waals surface area contributed by atoms with Gasteiger partial charge in [0.25, 0.3) is 27.8 Å². The van der Waals surface area contributed by atoms with Crippen molar-refractivity contribution < 1.29 is 131 Å². The smallest absolute Gasteiger partial charge is 0.351 e. The number of rotatable bonds is 41. The van der Waals surface area contributed by atoms with Gasteiger partial charge in [0, 0.05) is 99.1 Å². The van der Waals surface area contributed by atoms with E-state index in [1.54, 1.807) is 11.5 Å². The number of ether oxygens (including phenoxy) is 7. The van der Waals surface area contributed by atoms with Gasteiger partial charge in [-0.2, -0.15) is 15.0 Å². The second-order valence-electron chi connectivity index (χ2n) is 34.3. The predicted molar refractivity (Wildman–Crippen MR) is 533 cm³/mol. The number of aryl methyl sites for hydroxylation is 4. The van der Waals surface area contributed by atoms with Gasteiger partial charge in [-0.05, 0) is 117 Å². The van der Waals surface area contributed by atoms with Crippen molar-refractivity contribution in [3.63, 3.8) is 0 Å². The number of hydrogen-bond donors (Lipinski definition) is 16. The average molecular weight is 2330 g/mol. The third-order valence-electron chi connectivity index (χ3n) is 24.3. The van der Waals surface area contributed by atoms with Gasteiger partial charge in [-0.25, -0.2) is 44.1 Å². The summed E-state index contributed by atoms with van der Waals surface area (Å²) in [6.07, 6.45) is -18.7. The normalized spacial score (nSPS) is 29.4. The van der Waals surface area contributed by atoms with E-state index >= 15 is 0 Å². The topological polar surface area (TPSA) is 810 Å². The summed E-state index contributed by atoms with van der Waals surface area (Å²) in [4.78, 5) is 246. The van der Waals surface area contributed by atoms with Crippen LogP contribution in [0.2, 0.25) is 0 Å². The molecule has 0 aromatic carbocycles. The first kappa shape index (κ1) is 111. The van der Waals surface area contributed by atoms with Crippen molar-refractivity contribution in [1.29, 1.82) is 0 Å². The fourth-order valence-electron chi connectivity index (χ4n) is 17.1. The van der Waals surface area contributed by atoms with Crippen molar-refractivity contribution in [3.8, 4) is 0 Å². The van der Waals surface area contributed by atoms with Crippen molar-refractivity contribution in [1.82, 2.24) is 96.8 Å². The highest BCUT2D eigenvalue weighted by atomic mass is 32.5. The molecule has 7 aliphatic heterocycles. The number of aromatic nitrogens is 20. The Hall–Kier alpha value is -7.20. The molecule has 10 aromatic heterocycles. The summed E-state index contributed by atoms with van der Waals surface area (Å²) >= 11 is 38.9. The molecule has 75 heteroatoms. The van der Waals surface area contributed by atoms with Gasteiger partial charge in [0.15, 0.2) is 33.8 Å². The maximum absolute atomic E-state index is 13.6. The molecule has 0 aliphatic carbocycles. The van der Waals surface area contributed by atoms with Crippen molar-refractivity contribution >= 4 is 187 Å². The summed E-state index contributed by atoms with van der Waals surface area (Å²) in [6.45, 7) is -28.9. The maximum Gasteiger partial charge on any atom is 0.351 e. The lowest BCUT2D eigenvalue weighted by Crippen LogP contribution is -2.33. The van der Waals surface area contributed by atoms with Crippen molar-refractivity contribution in [3.05, 3.63) is 166 Å². The van der Waals surface area contributed by atoms with Gasteiger partial charge in [0.2, 0.25) is 11.9 Å². The molecule has 7 aliphatic rings. The lowest BCUT2D eigenvalue weighted by atomic mass is 10.1. The summed E-state index contributed by atoms with van der Waals surface area (Å²) in [5.74, 6) is -0.564. The Labute approximate surface area is 859 Å². The van der Waals surface area contributed by atoms with Gasteiger partial charge in [-0.15, -0.1) is 0 Å². The number of anilines is 4. The minimum absolute atomic E-state index is 0.00328. The highest BCUT2D eigenvalue weighted by molar-refractivity contribution is 8.09. The minimum Gasteiger partial charge on any atom is -0.383 e. The number of nitrogens with one attached hydrogen (secondary N) is 5. The summed E-state index contributed by atoms with van der Waals surface area (Å²) in [5.41, 5.74) is 17.2. The number of imidazole rings is 3. The maximum atomic E-state index is 13.6. The monoisotopic (exact) mass is 2330 g/mol. The van der Waals surface area contributed by atoms with E-state index in [-0.39, 0.29) is 94.7 Å². The van der Waals surface area contributed by atoms with E-state index < -0.39 is 279 Å². The van der Waals surface area contributed by atoms with E-state index in [2.05, 4.69) is 64.8 Å². The minimum atomic E-state index is -4.81. The van der Waals surface area contributed by atoms with E-state index in [9.17, 15) is 77.4 Å². The number of nitrogen functional groups attached to an aromatic ring is 4. The SMILES string of the molecule is CC[C@H]1O[C@@H](n2cnc3c(N)ncnc32)C[C@H]1OP(O)(=S)OC[C@H]1O[C@@H](n2cc(C)c(=O)[nH]c2=O)C[C@H]1OP(O)(=S)OC[C@H]1O[C@@H](n2cc(C)c(N)nc2=O)C[C@H]1OP(O)(=S)OC[C@H]1O[C@@H](n2cc(C)c(=O)[nH]c2=O)C[C@H]1OP(O)(=S)OC[C@H]1O[C@@H](n2cc(C)c(=O)[nH]c2=O)C[C@H]1OP(O)(=S)OC[C@H]1O[C@@H](n2cnc3c(=O)[nH]c(N)nc32)C[C@H]1OP(O)(=S)OC[C@H]1O[C@@H](n2cnc3c(=O)[nH]c(N)nc32)C[C@H]1OP(O)(=S)OC. The van der Waals surface area contributed by atoms with E-state index in [1.807, 2.05) is 6.92 Å². The number of nitrogens with zero attached hydrogens (tertiary/aromatic N) is 15. The molecular formula is C72H95N24O37P7S7. The number of hydrogen-bond acceptors (Lipinski definition) is 49. The molecule has 17 rings (SSSR count). The van der Waals surface area contributed by atoms with Crippen LogP contribution in [0, 0.1) is 27.7 Å². The van der Waals surface area contributed by atoms with Crippen LogP contribution in [0.1, 0.15) is 124 Å². The van der Waals surface area contributed by atoms with Crippen LogP contribution in [-0.4, -0.2) is 263 Å². The standard InChI is InChI=1S/C72H95N24O37P7S7/c1-7-33-34(8-51(120-33)94-26-79-54-58(74)77-25-78-59(54)94)128-135(107,142)114-20-43-37(10-48(122-43)91-16-30(3)62(97)87-70(91)103)130-137(109,144)116-21-42-36(9-47(121-42)90-15-29(2)57(73)82-69(90)102)129-136(108,143)117-22-44-38(11-49(123-44)92-17-31(4)63(98)88-71(92)104)131-138(110,145)118-23-45-39(12-50(124-45)93-18-32(5)64(99)89-72(93)105)132-139(111,146)119-24-46-40(14-53(126-46)96-28-81-56-61(96)84-68(76)86-66(56)101)133-140(112,147)115-19-41-35(127-134(106,141)113-6)13-52(125-41)95-27-80-55-60(95)83-67(75)85-65(55)100/h15-18,25-28,33-53H,7-14,19-24H2,1-6H3,(H,106,141)(H,107,142)(H,108,143)(H,109,144)(H,110,145)(H,111,146)(H,112,147)(H2,73,82,102)(H2,74,77,78)(H,87,97,103)(H,88,98,104)(H,89,99,105)(H3,75,83,85,100)(H3,76,84,86,101)/t33-,34-,35-,36-,37-,38-,39-,40-,41-,42-,43-,44-,45-,46-,47-,48-,49-,50-,51-,52-,53-,134?,135?,136?,137?,138?,139?,140?/m1/s1. The molecule has 7 fully saturated rings. The lowest BCUT2D eigenvalue weighted by Gasteiger charge is -2.29. The van der Waals surface area contributed by atoms with Crippen LogP contribution in [-0.2, 0) is 179 Å². The van der Waals surface area contributed by atoms with E-state index in [0.29, 0.717) is 23.1 Å². The van der Waals surface area contributed by atoms with Gasteiger partial charge >= 0.3 is 69.8 Å². The molecule has 0 spiro atoms. The molecule has 0 amide bonds. The average Bonchev–Trinajstić information content (AvgIpc) is 1.62. The van der Waals surface area contributed by atoms with E-state index in [0.717, 1.165) is 37.8 Å². The quantitative estimate of drug-likeness (QED) is 0.0223. The van der Waals surface area contributed by atoms with Crippen LogP contribution in [0.25, 0.3) is 33.5 Å². The molecular weight excluding hydrogens is 2230 g/mol.